The molecule has 1 aromatic carbocycles. The van der Waals surface area contributed by atoms with Crippen LogP contribution < -0.4 is 4.57 Å². The van der Waals surface area contributed by atoms with Gasteiger partial charge in [0.1, 0.15) is 0 Å². The zero-order valence-electron chi connectivity index (χ0n) is 11.6. The predicted octanol–water partition coefficient (Wildman–Crippen LogP) is 1.75. The Morgan fingerprint density at radius 1 is 1.05 bits per heavy atom. The van der Waals surface area contributed by atoms with Crippen LogP contribution in [0.1, 0.15) is 16.7 Å². The molecule has 2 aromatic rings. The van der Waals surface area contributed by atoms with Gasteiger partial charge in [-0.25, -0.2) is 13.0 Å². The minimum atomic E-state index is -4.15. The van der Waals surface area contributed by atoms with E-state index in [1.165, 1.54) is 5.56 Å². The lowest BCUT2D eigenvalue weighted by atomic mass is 10.1. The summed E-state index contributed by atoms with van der Waals surface area (Å²) in [7, 11) is -4.15. The standard InChI is InChI=1S/C16H17NO3S/c1-2-14-3-5-16(6-4-14)13-17-10-7-15(8-11-17)9-12-21(18,19)20/h2-8,10-11H,1,9,12-13H2. The fraction of sp³-hybridized carbons (Fsp3) is 0.188. The summed E-state index contributed by atoms with van der Waals surface area (Å²) in [6.45, 7) is 4.45. The summed E-state index contributed by atoms with van der Waals surface area (Å²) in [5.74, 6) is -0.361. The maximum Gasteiger partial charge on any atom is 0.173 e. The van der Waals surface area contributed by atoms with Crippen molar-refractivity contribution in [2.75, 3.05) is 5.75 Å². The lowest BCUT2D eigenvalue weighted by molar-refractivity contribution is -0.688. The van der Waals surface area contributed by atoms with Crippen molar-refractivity contribution in [2.45, 2.75) is 13.0 Å². The third-order valence-corrected chi connectivity index (χ3v) is 3.89. The molecule has 0 saturated carbocycles. The van der Waals surface area contributed by atoms with E-state index >= 15 is 0 Å². The Hall–Kier alpha value is -1.98. The number of nitrogens with zero attached hydrogens (tertiary/aromatic N) is 1. The molecule has 5 heteroatoms. The molecular formula is C16H17NO3S. The second-order valence-corrected chi connectivity index (χ2v) is 6.36. The van der Waals surface area contributed by atoms with Gasteiger partial charge in [-0.3, -0.25) is 0 Å². The van der Waals surface area contributed by atoms with Crippen LogP contribution in [0.15, 0.2) is 55.4 Å². The number of benzene rings is 1. The van der Waals surface area contributed by atoms with Crippen molar-refractivity contribution in [3.63, 3.8) is 0 Å². The van der Waals surface area contributed by atoms with Gasteiger partial charge in [0.2, 0.25) is 0 Å². The molecule has 0 aliphatic carbocycles. The quantitative estimate of drug-likeness (QED) is 0.603. The van der Waals surface area contributed by atoms with Gasteiger partial charge in [0, 0.05) is 23.4 Å². The molecule has 1 aromatic heterocycles. The first kappa shape index (κ1) is 15.4. The van der Waals surface area contributed by atoms with Crippen LogP contribution >= 0.6 is 0 Å². The monoisotopic (exact) mass is 303 g/mol. The van der Waals surface area contributed by atoms with Gasteiger partial charge in [0.05, 0.1) is 10.1 Å². The summed E-state index contributed by atoms with van der Waals surface area (Å²) >= 11 is 0. The summed E-state index contributed by atoms with van der Waals surface area (Å²) in [6, 6.07) is 11.8. The van der Waals surface area contributed by atoms with E-state index in [0.717, 1.165) is 17.7 Å². The number of rotatable bonds is 6. The molecule has 0 aliphatic rings. The Kier molecular flexibility index (Phi) is 4.88. The number of aryl methyl sites for hydroxylation is 1. The van der Waals surface area contributed by atoms with E-state index in [-0.39, 0.29) is 12.2 Å². The van der Waals surface area contributed by atoms with Crippen LogP contribution in [0.5, 0.6) is 0 Å². The molecule has 0 saturated heterocycles. The highest BCUT2D eigenvalue weighted by Crippen LogP contribution is 2.05. The van der Waals surface area contributed by atoms with Gasteiger partial charge >= 0.3 is 0 Å². The Labute approximate surface area is 125 Å². The number of aromatic nitrogens is 1. The number of hydrogen-bond acceptors (Lipinski definition) is 3. The van der Waals surface area contributed by atoms with Gasteiger partial charge in [-0.2, -0.15) is 0 Å². The van der Waals surface area contributed by atoms with Crippen molar-refractivity contribution >= 4 is 16.2 Å². The molecule has 0 atom stereocenters. The highest BCUT2D eigenvalue weighted by atomic mass is 32.2. The molecule has 0 unspecified atom stereocenters. The Morgan fingerprint density at radius 3 is 2.19 bits per heavy atom. The topological polar surface area (TPSA) is 61.1 Å². The average Bonchev–Trinajstić information content (AvgIpc) is 2.46. The first-order valence-corrected chi connectivity index (χ1v) is 8.17. The summed E-state index contributed by atoms with van der Waals surface area (Å²) in [5, 5.41) is 0. The van der Waals surface area contributed by atoms with Crippen LogP contribution in [0.3, 0.4) is 0 Å². The molecule has 110 valence electrons. The lowest BCUT2D eigenvalue weighted by Crippen LogP contribution is -2.33. The zero-order valence-corrected chi connectivity index (χ0v) is 12.4. The fourth-order valence-corrected chi connectivity index (χ4v) is 2.46. The minimum Gasteiger partial charge on any atom is -0.748 e. The third kappa shape index (κ3) is 5.13. The number of hydrogen-bond donors (Lipinski definition) is 0. The van der Waals surface area contributed by atoms with Crippen LogP contribution in [0.2, 0.25) is 0 Å². The Morgan fingerprint density at radius 2 is 1.67 bits per heavy atom. The summed E-state index contributed by atoms with van der Waals surface area (Å²) < 4.78 is 33.8. The first-order valence-electron chi connectivity index (χ1n) is 6.59. The molecule has 2 rings (SSSR count). The molecular weight excluding hydrogens is 286 g/mol. The van der Waals surface area contributed by atoms with Crippen molar-refractivity contribution in [1.29, 1.82) is 0 Å². The van der Waals surface area contributed by atoms with Gasteiger partial charge < -0.3 is 4.55 Å². The second-order valence-electron chi connectivity index (χ2n) is 4.84. The third-order valence-electron chi connectivity index (χ3n) is 3.18. The Balaban J connectivity index is 1.99. The van der Waals surface area contributed by atoms with Crippen LogP contribution in [-0.2, 0) is 23.1 Å². The predicted molar refractivity (Wildman–Crippen MR) is 80.5 cm³/mol. The highest BCUT2D eigenvalue weighted by Gasteiger charge is 2.04. The molecule has 0 amide bonds. The first-order chi connectivity index (χ1) is 9.96. The van der Waals surface area contributed by atoms with Crippen LogP contribution in [0, 0.1) is 0 Å². The Bertz CT molecular complexity index is 704. The van der Waals surface area contributed by atoms with E-state index in [4.69, 9.17) is 0 Å². The average molecular weight is 303 g/mol. The molecule has 0 spiro atoms. The van der Waals surface area contributed by atoms with Gasteiger partial charge in [0.25, 0.3) is 0 Å². The lowest BCUT2D eigenvalue weighted by Gasteiger charge is -2.05. The van der Waals surface area contributed by atoms with Crippen molar-refractivity contribution in [3.8, 4) is 0 Å². The second kappa shape index (κ2) is 6.65. The molecule has 0 fully saturated rings. The maximum atomic E-state index is 10.6. The van der Waals surface area contributed by atoms with E-state index in [1.807, 2.05) is 53.4 Å². The van der Waals surface area contributed by atoms with Gasteiger partial charge in [-0.1, -0.05) is 36.9 Å². The zero-order chi connectivity index (χ0) is 15.3. The van der Waals surface area contributed by atoms with Crippen molar-refractivity contribution in [3.05, 3.63) is 72.1 Å². The summed E-state index contributed by atoms with van der Waals surface area (Å²) in [6.07, 6.45) is 5.82. The summed E-state index contributed by atoms with van der Waals surface area (Å²) in [5.41, 5.74) is 3.09. The van der Waals surface area contributed by atoms with E-state index in [9.17, 15) is 13.0 Å². The van der Waals surface area contributed by atoms with E-state index in [2.05, 4.69) is 6.58 Å². The molecule has 0 N–H and O–H groups in total. The summed E-state index contributed by atoms with van der Waals surface area (Å²) in [4.78, 5) is 0. The van der Waals surface area contributed by atoms with Crippen molar-refractivity contribution in [1.82, 2.24) is 0 Å². The van der Waals surface area contributed by atoms with Crippen LogP contribution in [0.4, 0.5) is 0 Å². The molecule has 0 aliphatic heterocycles. The van der Waals surface area contributed by atoms with Crippen molar-refractivity contribution in [2.24, 2.45) is 0 Å². The maximum absolute atomic E-state index is 10.6. The van der Waals surface area contributed by atoms with Crippen LogP contribution in [0.25, 0.3) is 6.08 Å². The molecule has 1 heterocycles. The normalized spacial score (nSPS) is 11.3. The molecule has 0 radical (unpaired) electrons. The molecule has 4 nitrogen and oxygen atoms in total. The number of pyridine rings is 1. The molecule has 21 heavy (non-hydrogen) atoms. The van der Waals surface area contributed by atoms with Crippen LogP contribution in [-0.4, -0.2) is 18.7 Å². The molecule has 0 bridgehead atoms. The van der Waals surface area contributed by atoms with Crippen molar-refractivity contribution < 1.29 is 17.5 Å². The minimum absolute atomic E-state index is 0.251. The van der Waals surface area contributed by atoms with Gasteiger partial charge in [-0.15, -0.1) is 0 Å². The van der Waals surface area contributed by atoms with E-state index in [1.54, 1.807) is 6.08 Å². The van der Waals surface area contributed by atoms with E-state index < -0.39 is 10.1 Å². The van der Waals surface area contributed by atoms with Gasteiger partial charge in [-0.05, 0) is 17.5 Å². The highest BCUT2D eigenvalue weighted by molar-refractivity contribution is 7.85. The largest absolute Gasteiger partial charge is 0.748 e. The SMILES string of the molecule is C=Cc1ccc(C[n+]2ccc(CCS(=O)(=O)[O-])cc2)cc1. The van der Waals surface area contributed by atoms with E-state index in [0.29, 0.717) is 0 Å². The smallest absolute Gasteiger partial charge is 0.173 e. The van der Waals surface area contributed by atoms with Gasteiger partial charge in [0.15, 0.2) is 18.9 Å². The fourth-order valence-electron chi connectivity index (χ4n) is 1.97.